The summed E-state index contributed by atoms with van der Waals surface area (Å²) in [6.07, 6.45) is 0. The van der Waals surface area contributed by atoms with Crippen molar-refractivity contribution in [3.63, 3.8) is 0 Å². The molecule has 2 aromatic heterocycles. The summed E-state index contributed by atoms with van der Waals surface area (Å²) in [6, 6.07) is 2.01. The number of furan rings is 1. The molecule has 106 valence electrons. The van der Waals surface area contributed by atoms with Crippen LogP contribution in [0.1, 0.15) is 33.8 Å². The van der Waals surface area contributed by atoms with Crippen molar-refractivity contribution >= 4 is 21.8 Å². The van der Waals surface area contributed by atoms with Gasteiger partial charge in [-0.25, -0.2) is 9.67 Å². The zero-order valence-electron chi connectivity index (χ0n) is 11.6. The number of hydrogen-bond acceptors (Lipinski definition) is 4. The number of nitrogens with zero attached hydrogens (tertiary/aromatic N) is 4. The first-order valence-electron chi connectivity index (χ1n) is 6.40. The molecule has 0 spiro atoms. The summed E-state index contributed by atoms with van der Waals surface area (Å²) in [5.74, 6) is 1.98. The fraction of sp³-hybridized carbons (Fsp3) is 0.462. The highest BCUT2D eigenvalue weighted by atomic mass is 79.9. The summed E-state index contributed by atoms with van der Waals surface area (Å²) >= 11 is 3.24. The van der Waals surface area contributed by atoms with Crippen LogP contribution in [0.4, 0.5) is 0 Å². The van der Waals surface area contributed by atoms with Gasteiger partial charge < -0.3 is 9.32 Å². The van der Waals surface area contributed by atoms with Crippen molar-refractivity contribution < 1.29 is 9.21 Å². The van der Waals surface area contributed by atoms with Gasteiger partial charge in [-0.1, -0.05) is 0 Å². The Labute approximate surface area is 124 Å². The maximum atomic E-state index is 12.3. The van der Waals surface area contributed by atoms with Gasteiger partial charge in [0.25, 0.3) is 5.91 Å². The minimum Gasteiger partial charge on any atom is -0.444 e. The molecule has 6 nitrogen and oxygen atoms in total. The predicted molar refractivity (Wildman–Crippen MR) is 75.6 cm³/mol. The topological polar surface area (TPSA) is 64.2 Å². The van der Waals surface area contributed by atoms with Crippen LogP contribution in [0.15, 0.2) is 15.2 Å². The number of carbonyl (C=O) groups is 1. The molecule has 1 saturated heterocycles. The van der Waals surface area contributed by atoms with Crippen molar-refractivity contribution in [3.8, 4) is 0 Å². The Bertz CT molecular complexity index is 670. The molecule has 2 aromatic rings. The standard InChI is InChI=1S/C13H15BrN4O2/c1-7-4-11(14)20-12(7)13(19)17-5-10(6-17)18-9(3)15-8(2)16-18/h4,10H,5-6H2,1-3H3. The molecule has 7 heteroatoms. The molecular weight excluding hydrogens is 324 g/mol. The van der Waals surface area contributed by atoms with E-state index < -0.39 is 0 Å². The van der Waals surface area contributed by atoms with Crippen molar-refractivity contribution in [2.75, 3.05) is 13.1 Å². The second kappa shape index (κ2) is 4.73. The molecule has 1 aliphatic heterocycles. The molecular formula is C13H15BrN4O2. The SMILES string of the molecule is Cc1nc(C)n(C2CN(C(=O)c3oc(Br)cc3C)C2)n1. The van der Waals surface area contributed by atoms with Crippen LogP contribution < -0.4 is 0 Å². The largest absolute Gasteiger partial charge is 0.444 e. The van der Waals surface area contributed by atoms with Crippen LogP contribution in [0, 0.1) is 20.8 Å². The van der Waals surface area contributed by atoms with E-state index in [0.717, 1.165) is 17.2 Å². The molecule has 1 fully saturated rings. The van der Waals surface area contributed by atoms with Crippen LogP contribution in [0.2, 0.25) is 0 Å². The Morgan fingerprint density at radius 3 is 2.60 bits per heavy atom. The number of carbonyl (C=O) groups excluding carboxylic acids is 1. The van der Waals surface area contributed by atoms with Gasteiger partial charge in [0, 0.05) is 18.7 Å². The molecule has 0 atom stereocenters. The summed E-state index contributed by atoms with van der Waals surface area (Å²) in [6.45, 7) is 6.94. The first-order valence-corrected chi connectivity index (χ1v) is 7.20. The van der Waals surface area contributed by atoms with Crippen LogP contribution >= 0.6 is 15.9 Å². The van der Waals surface area contributed by atoms with Crippen molar-refractivity contribution in [1.82, 2.24) is 19.7 Å². The summed E-state index contributed by atoms with van der Waals surface area (Å²) in [7, 11) is 0. The lowest BCUT2D eigenvalue weighted by Gasteiger charge is -2.38. The van der Waals surface area contributed by atoms with Gasteiger partial charge in [0.15, 0.2) is 10.4 Å². The number of aromatic nitrogens is 3. The summed E-state index contributed by atoms with van der Waals surface area (Å²) < 4.78 is 7.87. The van der Waals surface area contributed by atoms with Gasteiger partial charge >= 0.3 is 0 Å². The number of amides is 1. The van der Waals surface area contributed by atoms with E-state index in [2.05, 4.69) is 26.0 Å². The molecule has 0 aliphatic carbocycles. The van der Waals surface area contributed by atoms with E-state index in [1.54, 1.807) is 11.0 Å². The second-order valence-electron chi connectivity index (χ2n) is 5.08. The van der Waals surface area contributed by atoms with Gasteiger partial charge in [-0.2, -0.15) is 5.10 Å². The third-order valence-corrected chi connectivity index (χ3v) is 3.88. The molecule has 1 amide bonds. The van der Waals surface area contributed by atoms with E-state index >= 15 is 0 Å². The summed E-state index contributed by atoms with van der Waals surface area (Å²) in [5, 5.41) is 4.36. The van der Waals surface area contributed by atoms with Crippen molar-refractivity contribution in [2.45, 2.75) is 26.8 Å². The fourth-order valence-electron chi connectivity index (χ4n) is 2.46. The van der Waals surface area contributed by atoms with Crippen LogP contribution in [-0.2, 0) is 0 Å². The van der Waals surface area contributed by atoms with Crippen LogP contribution in [0.5, 0.6) is 0 Å². The van der Waals surface area contributed by atoms with Crippen molar-refractivity contribution in [3.05, 3.63) is 33.7 Å². The molecule has 0 radical (unpaired) electrons. The summed E-state index contributed by atoms with van der Waals surface area (Å²) in [4.78, 5) is 18.3. The Kier molecular flexibility index (Phi) is 3.16. The molecule has 3 rings (SSSR count). The molecule has 0 bridgehead atoms. The van der Waals surface area contributed by atoms with Gasteiger partial charge in [0.2, 0.25) is 0 Å². The van der Waals surface area contributed by atoms with Gasteiger partial charge in [-0.05, 0) is 42.8 Å². The quantitative estimate of drug-likeness (QED) is 0.842. The van der Waals surface area contributed by atoms with Gasteiger partial charge in [0.1, 0.15) is 11.6 Å². The number of halogens is 1. The Hall–Kier alpha value is -1.63. The second-order valence-corrected chi connectivity index (χ2v) is 5.86. The highest BCUT2D eigenvalue weighted by molar-refractivity contribution is 9.10. The average molecular weight is 339 g/mol. The van der Waals surface area contributed by atoms with Crippen molar-refractivity contribution in [2.24, 2.45) is 0 Å². The molecule has 0 saturated carbocycles. The zero-order valence-corrected chi connectivity index (χ0v) is 13.1. The predicted octanol–water partition coefficient (Wildman–Crippen LogP) is 2.26. The van der Waals surface area contributed by atoms with Gasteiger partial charge in [-0.15, -0.1) is 0 Å². The first kappa shape index (κ1) is 13.4. The summed E-state index contributed by atoms with van der Waals surface area (Å²) in [5.41, 5.74) is 0.845. The van der Waals surface area contributed by atoms with E-state index in [0.29, 0.717) is 23.5 Å². The molecule has 0 unspecified atom stereocenters. The fourth-order valence-corrected chi connectivity index (χ4v) is 2.96. The lowest BCUT2D eigenvalue weighted by molar-refractivity contribution is 0.0463. The van der Waals surface area contributed by atoms with Crippen LogP contribution in [0.3, 0.4) is 0 Å². The number of rotatable bonds is 2. The number of hydrogen-bond donors (Lipinski definition) is 0. The monoisotopic (exact) mass is 338 g/mol. The van der Waals surface area contributed by atoms with E-state index in [1.807, 2.05) is 25.5 Å². The smallest absolute Gasteiger partial charge is 0.290 e. The maximum absolute atomic E-state index is 12.3. The minimum absolute atomic E-state index is 0.0704. The average Bonchev–Trinajstić information content (AvgIpc) is 2.80. The molecule has 0 aromatic carbocycles. The lowest BCUT2D eigenvalue weighted by Crippen LogP contribution is -2.51. The molecule has 1 aliphatic rings. The van der Waals surface area contributed by atoms with Crippen molar-refractivity contribution in [1.29, 1.82) is 0 Å². The zero-order chi connectivity index (χ0) is 14.4. The van der Waals surface area contributed by atoms with E-state index in [-0.39, 0.29) is 11.9 Å². The minimum atomic E-state index is -0.0704. The lowest BCUT2D eigenvalue weighted by atomic mass is 10.1. The maximum Gasteiger partial charge on any atom is 0.290 e. The normalized spacial score (nSPS) is 15.5. The highest BCUT2D eigenvalue weighted by Crippen LogP contribution is 2.27. The van der Waals surface area contributed by atoms with Gasteiger partial charge in [0.05, 0.1) is 6.04 Å². The Morgan fingerprint density at radius 2 is 2.10 bits per heavy atom. The third-order valence-electron chi connectivity index (χ3n) is 3.48. The first-order chi connectivity index (χ1) is 9.45. The molecule has 20 heavy (non-hydrogen) atoms. The number of likely N-dealkylation sites (tertiary alicyclic amines) is 1. The molecule has 0 N–H and O–H groups in total. The third kappa shape index (κ3) is 2.15. The van der Waals surface area contributed by atoms with E-state index in [1.165, 1.54) is 0 Å². The highest BCUT2D eigenvalue weighted by Gasteiger charge is 2.35. The van der Waals surface area contributed by atoms with Gasteiger partial charge in [-0.3, -0.25) is 4.79 Å². The Morgan fingerprint density at radius 1 is 1.40 bits per heavy atom. The van der Waals surface area contributed by atoms with Crippen LogP contribution in [-0.4, -0.2) is 38.7 Å². The van der Waals surface area contributed by atoms with Crippen LogP contribution in [0.25, 0.3) is 0 Å². The Balaban J connectivity index is 1.70. The number of aryl methyl sites for hydroxylation is 3. The van der Waals surface area contributed by atoms with E-state index in [4.69, 9.17) is 4.42 Å². The van der Waals surface area contributed by atoms with E-state index in [9.17, 15) is 4.79 Å². The molecule has 3 heterocycles.